The van der Waals surface area contributed by atoms with E-state index in [2.05, 4.69) is 4.98 Å². The number of aldehydes is 1. The molecule has 1 fully saturated rings. The first-order chi connectivity index (χ1) is 7.20. The van der Waals surface area contributed by atoms with E-state index in [0.717, 1.165) is 12.8 Å². The number of nitrogens with zero attached hydrogens (tertiary/aromatic N) is 1. The maximum atomic E-state index is 10.8. The zero-order valence-corrected chi connectivity index (χ0v) is 7.97. The predicted molar refractivity (Wildman–Crippen MR) is 51.8 cm³/mol. The molecule has 0 bridgehead atoms. The molecule has 0 radical (unpaired) electrons. The number of rotatable bonds is 4. The molecule has 2 rings (SSSR count). The van der Waals surface area contributed by atoms with Gasteiger partial charge >= 0.3 is 0 Å². The van der Waals surface area contributed by atoms with Crippen molar-refractivity contribution in [2.24, 2.45) is 5.73 Å². The second-order valence-corrected chi connectivity index (χ2v) is 3.38. The van der Waals surface area contributed by atoms with E-state index in [4.69, 9.17) is 10.5 Å². The molecule has 0 spiro atoms. The van der Waals surface area contributed by atoms with Crippen LogP contribution in [0.1, 0.15) is 33.8 Å². The summed E-state index contributed by atoms with van der Waals surface area (Å²) in [7, 11) is 0. The summed E-state index contributed by atoms with van der Waals surface area (Å²) in [5.74, 6) is -0.242. The summed E-state index contributed by atoms with van der Waals surface area (Å²) >= 11 is 0. The van der Waals surface area contributed by atoms with Crippen LogP contribution in [0, 0.1) is 0 Å². The highest BCUT2D eigenvalue weighted by Crippen LogP contribution is 2.27. The molecule has 15 heavy (non-hydrogen) atoms. The van der Waals surface area contributed by atoms with Gasteiger partial charge in [-0.2, -0.15) is 0 Å². The number of pyridine rings is 1. The fourth-order valence-corrected chi connectivity index (χ4v) is 1.15. The molecule has 1 aliphatic carbocycles. The minimum atomic E-state index is -0.656. The standard InChI is InChI=1S/C10H10N2O3/c11-10(14)7-3-4-9(8(5-13)12-7)15-6-1-2-6/h3-6H,1-2H2,(H2,11,14). The van der Waals surface area contributed by atoms with Crippen molar-refractivity contribution in [2.75, 3.05) is 0 Å². The average Bonchev–Trinajstić information content (AvgIpc) is 3.02. The van der Waals surface area contributed by atoms with Crippen molar-refractivity contribution < 1.29 is 14.3 Å². The van der Waals surface area contributed by atoms with Crippen LogP contribution in [0.5, 0.6) is 5.75 Å². The number of ether oxygens (including phenoxy) is 1. The highest BCUT2D eigenvalue weighted by molar-refractivity contribution is 5.92. The third kappa shape index (κ3) is 2.12. The van der Waals surface area contributed by atoms with E-state index in [1.807, 2.05) is 0 Å². The van der Waals surface area contributed by atoms with E-state index in [1.165, 1.54) is 6.07 Å². The van der Waals surface area contributed by atoms with Gasteiger partial charge in [0, 0.05) is 0 Å². The van der Waals surface area contributed by atoms with Gasteiger partial charge in [0.15, 0.2) is 6.29 Å². The molecule has 0 saturated heterocycles. The van der Waals surface area contributed by atoms with E-state index in [0.29, 0.717) is 12.0 Å². The highest BCUT2D eigenvalue weighted by Gasteiger charge is 2.25. The van der Waals surface area contributed by atoms with E-state index in [-0.39, 0.29) is 17.5 Å². The summed E-state index contributed by atoms with van der Waals surface area (Å²) in [6, 6.07) is 3.00. The van der Waals surface area contributed by atoms with E-state index < -0.39 is 5.91 Å². The molecule has 1 aromatic rings. The lowest BCUT2D eigenvalue weighted by molar-refractivity contribution is 0.0995. The number of primary amides is 1. The van der Waals surface area contributed by atoms with Gasteiger partial charge in [-0.25, -0.2) is 4.98 Å². The van der Waals surface area contributed by atoms with Crippen LogP contribution in [0.4, 0.5) is 0 Å². The Morgan fingerprint density at radius 1 is 1.53 bits per heavy atom. The zero-order chi connectivity index (χ0) is 10.8. The molecule has 2 N–H and O–H groups in total. The summed E-state index contributed by atoms with van der Waals surface area (Å²) in [6.45, 7) is 0. The molecule has 0 atom stereocenters. The second-order valence-electron chi connectivity index (χ2n) is 3.38. The van der Waals surface area contributed by atoms with Crippen LogP contribution < -0.4 is 10.5 Å². The van der Waals surface area contributed by atoms with Crippen molar-refractivity contribution in [3.63, 3.8) is 0 Å². The van der Waals surface area contributed by atoms with Crippen LogP contribution in [0.3, 0.4) is 0 Å². The number of aromatic nitrogens is 1. The fourth-order valence-electron chi connectivity index (χ4n) is 1.15. The summed E-state index contributed by atoms with van der Waals surface area (Å²) in [5, 5.41) is 0. The Hall–Kier alpha value is -1.91. The van der Waals surface area contributed by atoms with Gasteiger partial charge in [0.2, 0.25) is 0 Å². The molecule has 5 heteroatoms. The van der Waals surface area contributed by atoms with E-state index in [9.17, 15) is 9.59 Å². The minimum Gasteiger partial charge on any atom is -0.488 e. The second kappa shape index (κ2) is 3.68. The normalized spacial score (nSPS) is 14.7. The number of carbonyl (C=O) groups is 2. The molecule has 5 nitrogen and oxygen atoms in total. The van der Waals surface area contributed by atoms with Crippen LogP contribution in [0.15, 0.2) is 12.1 Å². The van der Waals surface area contributed by atoms with E-state index in [1.54, 1.807) is 6.07 Å². The average molecular weight is 206 g/mol. The maximum absolute atomic E-state index is 10.8. The first-order valence-corrected chi connectivity index (χ1v) is 4.63. The van der Waals surface area contributed by atoms with Crippen molar-refractivity contribution in [1.29, 1.82) is 0 Å². The van der Waals surface area contributed by atoms with Gasteiger partial charge in [-0.3, -0.25) is 9.59 Å². The largest absolute Gasteiger partial charge is 0.488 e. The smallest absolute Gasteiger partial charge is 0.267 e. The highest BCUT2D eigenvalue weighted by atomic mass is 16.5. The van der Waals surface area contributed by atoms with Gasteiger partial charge < -0.3 is 10.5 Å². The Morgan fingerprint density at radius 2 is 2.27 bits per heavy atom. The topological polar surface area (TPSA) is 82.3 Å². The molecule has 1 aromatic heterocycles. The lowest BCUT2D eigenvalue weighted by atomic mass is 10.3. The van der Waals surface area contributed by atoms with Gasteiger partial charge in [-0.05, 0) is 25.0 Å². The minimum absolute atomic E-state index is 0.0697. The molecular weight excluding hydrogens is 196 g/mol. The van der Waals surface area contributed by atoms with E-state index >= 15 is 0 Å². The molecule has 1 heterocycles. The monoisotopic (exact) mass is 206 g/mol. The Morgan fingerprint density at radius 3 is 2.80 bits per heavy atom. The molecule has 0 aliphatic heterocycles. The Balaban J connectivity index is 2.29. The van der Waals surface area contributed by atoms with Crippen molar-refractivity contribution in [3.05, 3.63) is 23.5 Å². The van der Waals surface area contributed by atoms with Crippen molar-refractivity contribution in [2.45, 2.75) is 18.9 Å². The Labute approximate surface area is 86.2 Å². The molecule has 0 unspecified atom stereocenters. The Kier molecular flexibility index (Phi) is 2.37. The predicted octanol–water partition coefficient (Wildman–Crippen LogP) is 0.534. The lowest BCUT2D eigenvalue weighted by Gasteiger charge is -2.06. The first-order valence-electron chi connectivity index (χ1n) is 4.63. The third-order valence-electron chi connectivity index (χ3n) is 2.07. The van der Waals surface area contributed by atoms with Gasteiger partial charge in [-0.1, -0.05) is 0 Å². The van der Waals surface area contributed by atoms with Crippen LogP contribution in [-0.4, -0.2) is 23.3 Å². The Bertz CT molecular complexity index is 413. The number of nitrogens with two attached hydrogens (primary N) is 1. The van der Waals surface area contributed by atoms with Gasteiger partial charge in [-0.15, -0.1) is 0 Å². The molecule has 1 saturated carbocycles. The van der Waals surface area contributed by atoms with Gasteiger partial charge in [0.05, 0.1) is 6.10 Å². The van der Waals surface area contributed by atoms with Gasteiger partial charge in [0.1, 0.15) is 17.1 Å². The van der Waals surface area contributed by atoms with Crippen molar-refractivity contribution in [3.8, 4) is 5.75 Å². The van der Waals surface area contributed by atoms with Crippen LogP contribution in [0.2, 0.25) is 0 Å². The summed E-state index contributed by atoms with van der Waals surface area (Å²) < 4.78 is 5.44. The lowest BCUT2D eigenvalue weighted by Crippen LogP contribution is -2.14. The van der Waals surface area contributed by atoms with Crippen molar-refractivity contribution >= 4 is 12.2 Å². The van der Waals surface area contributed by atoms with Crippen LogP contribution in [-0.2, 0) is 0 Å². The summed E-state index contributed by atoms with van der Waals surface area (Å²) in [6.07, 6.45) is 2.74. The number of hydrogen-bond acceptors (Lipinski definition) is 4. The first kappa shape index (κ1) is 9.64. The van der Waals surface area contributed by atoms with Crippen molar-refractivity contribution in [1.82, 2.24) is 4.98 Å². The number of hydrogen-bond donors (Lipinski definition) is 1. The van der Waals surface area contributed by atoms with Gasteiger partial charge in [0.25, 0.3) is 5.91 Å². The molecule has 78 valence electrons. The quantitative estimate of drug-likeness (QED) is 0.728. The zero-order valence-electron chi connectivity index (χ0n) is 7.97. The molecule has 0 aromatic carbocycles. The summed E-state index contributed by atoms with van der Waals surface area (Å²) in [5.41, 5.74) is 5.24. The van der Waals surface area contributed by atoms with Crippen LogP contribution in [0.25, 0.3) is 0 Å². The molecule has 1 amide bonds. The summed E-state index contributed by atoms with van der Waals surface area (Å²) in [4.78, 5) is 25.3. The molecule has 1 aliphatic rings. The maximum Gasteiger partial charge on any atom is 0.267 e. The third-order valence-corrected chi connectivity index (χ3v) is 2.07. The van der Waals surface area contributed by atoms with Crippen LogP contribution >= 0.6 is 0 Å². The SMILES string of the molecule is NC(=O)c1ccc(OC2CC2)c(C=O)n1. The number of carbonyl (C=O) groups excluding carboxylic acids is 2. The number of amides is 1. The fraction of sp³-hybridized carbons (Fsp3) is 0.300. The molecular formula is C10H10N2O3.